The molecule has 6 nitrogen and oxygen atoms in total. The minimum Gasteiger partial charge on any atom is -0.478 e. The van der Waals surface area contributed by atoms with Crippen molar-refractivity contribution in [2.24, 2.45) is 0 Å². The normalized spacial score (nSPS) is 10.8. The summed E-state index contributed by atoms with van der Waals surface area (Å²) < 4.78 is 0. The summed E-state index contributed by atoms with van der Waals surface area (Å²) in [6.45, 7) is 0. The highest BCUT2D eigenvalue weighted by molar-refractivity contribution is 7.16. The Kier molecular flexibility index (Phi) is 3.98. The van der Waals surface area contributed by atoms with E-state index < -0.39 is 5.97 Å². The Morgan fingerprint density at radius 1 is 1.53 bits per heavy atom. The van der Waals surface area contributed by atoms with Crippen LogP contribution in [0.3, 0.4) is 0 Å². The molecule has 0 spiro atoms. The maximum atomic E-state index is 11.8. The molecular weight excluding hydrogens is 290 g/mol. The summed E-state index contributed by atoms with van der Waals surface area (Å²) in [6, 6.07) is 1.50. The number of thiazole rings is 1. The second-order valence-electron chi connectivity index (χ2n) is 3.43. The van der Waals surface area contributed by atoms with E-state index in [0.29, 0.717) is 20.7 Å². The van der Waals surface area contributed by atoms with Gasteiger partial charge in [0.2, 0.25) is 0 Å². The highest BCUT2D eigenvalue weighted by Gasteiger charge is 2.10. The first-order chi connectivity index (χ1) is 9.04. The van der Waals surface area contributed by atoms with Crippen molar-refractivity contribution in [1.82, 2.24) is 9.97 Å². The van der Waals surface area contributed by atoms with E-state index in [1.54, 1.807) is 0 Å². The van der Waals surface area contributed by atoms with Crippen LogP contribution in [0, 0.1) is 0 Å². The lowest BCUT2D eigenvalue weighted by Gasteiger charge is -1.97. The predicted octanol–water partition coefficient (Wildman–Crippen LogP) is 2.47. The number of aliphatic carboxylic acids is 1. The van der Waals surface area contributed by atoms with Gasteiger partial charge in [-0.1, -0.05) is 22.9 Å². The zero-order chi connectivity index (χ0) is 13.8. The average Bonchev–Trinajstić information content (AvgIpc) is 2.95. The van der Waals surface area contributed by atoms with E-state index >= 15 is 0 Å². The highest BCUT2D eigenvalue weighted by atomic mass is 35.5. The summed E-state index contributed by atoms with van der Waals surface area (Å²) in [5.74, 6) is -1.41. The number of nitrogens with zero attached hydrogens (tertiary/aromatic N) is 1. The summed E-state index contributed by atoms with van der Waals surface area (Å²) in [5, 5.41) is 11.9. The molecule has 2 heterocycles. The van der Waals surface area contributed by atoms with Crippen molar-refractivity contribution in [3.8, 4) is 0 Å². The number of H-pyrrole nitrogens is 1. The maximum Gasteiger partial charge on any atom is 0.328 e. The van der Waals surface area contributed by atoms with Crippen molar-refractivity contribution < 1.29 is 14.7 Å². The first-order valence-corrected chi connectivity index (χ1v) is 6.26. The standard InChI is InChI=1S/C11H8ClN3O3S/c12-6-3-8(13-4-6)10(18)15-11-14-5-7(19-11)1-2-9(16)17/h1-5,13H,(H,16,17)(H,14,15,18). The van der Waals surface area contributed by atoms with E-state index in [-0.39, 0.29) is 5.91 Å². The number of anilines is 1. The highest BCUT2D eigenvalue weighted by Crippen LogP contribution is 2.20. The maximum absolute atomic E-state index is 11.8. The fourth-order valence-corrected chi connectivity index (χ4v) is 2.12. The van der Waals surface area contributed by atoms with Gasteiger partial charge in [-0.3, -0.25) is 10.1 Å². The molecule has 19 heavy (non-hydrogen) atoms. The third kappa shape index (κ3) is 3.67. The molecule has 1 amide bonds. The van der Waals surface area contributed by atoms with Crippen LogP contribution in [0.25, 0.3) is 6.08 Å². The number of aromatic nitrogens is 2. The molecular formula is C11H8ClN3O3S. The number of aromatic amines is 1. The van der Waals surface area contributed by atoms with Crippen molar-refractivity contribution in [2.75, 3.05) is 5.32 Å². The molecule has 8 heteroatoms. The van der Waals surface area contributed by atoms with Gasteiger partial charge >= 0.3 is 5.97 Å². The number of amides is 1. The first-order valence-electron chi connectivity index (χ1n) is 5.06. The zero-order valence-corrected chi connectivity index (χ0v) is 11.0. The van der Waals surface area contributed by atoms with Crippen LogP contribution in [0.15, 0.2) is 24.5 Å². The van der Waals surface area contributed by atoms with Crippen molar-refractivity contribution >= 4 is 46.0 Å². The number of hydrogen-bond donors (Lipinski definition) is 3. The lowest BCUT2D eigenvalue weighted by atomic mass is 10.4. The smallest absolute Gasteiger partial charge is 0.328 e. The van der Waals surface area contributed by atoms with Crippen LogP contribution in [0.2, 0.25) is 5.02 Å². The number of halogens is 1. The zero-order valence-electron chi connectivity index (χ0n) is 9.38. The second-order valence-corrected chi connectivity index (χ2v) is 4.92. The molecule has 0 atom stereocenters. The van der Waals surface area contributed by atoms with E-state index in [9.17, 15) is 9.59 Å². The molecule has 0 radical (unpaired) electrons. The van der Waals surface area contributed by atoms with E-state index in [0.717, 1.165) is 17.4 Å². The van der Waals surface area contributed by atoms with Crippen LogP contribution in [-0.2, 0) is 4.79 Å². The second kappa shape index (κ2) is 5.68. The molecule has 0 aromatic carbocycles. The van der Waals surface area contributed by atoms with Gasteiger partial charge in [-0.25, -0.2) is 9.78 Å². The molecule has 0 fully saturated rings. The van der Waals surface area contributed by atoms with Crippen molar-refractivity contribution in [3.05, 3.63) is 40.1 Å². The summed E-state index contributed by atoms with van der Waals surface area (Å²) in [4.78, 5) is 29.4. The fraction of sp³-hybridized carbons (Fsp3) is 0. The monoisotopic (exact) mass is 297 g/mol. The SMILES string of the molecule is O=C(O)C=Cc1cnc(NC(=O)c2cc(Cl)c[nH]2)s1. The molecule has 2 aromatic rings. The van der Waals surface area contributed by atoms with Gasteiger partial charge in [0.1, 0.15) is 5.69 Å². The molecule has 0 saturated carbocycles. The minimum atomic E-state index is -1.04. The summed E-state index contributed by atoms with van der Waals surface area (Å²) >= 11 is 6.86. The van der Waals surface area contributed by atoms with Gasteiger partial charge in [-0.2, -0.15) is 0 Å². The molecule has 98 valence electrons. The van der Waals surface area contributed by atoms with Crippen molar-refractivity contribution in [2.45, 2.75) is 0 Å². The summed E-state index contributed by atoms with van der Waals surface area (Å²) in [6.07, 6.45) is 5.38. The number of rotatable bonds is 4. The number of carboxylic acids is 1. The Morgan fingerprint density at radius 2 is 2.32 bits per heavy atom. The topological polar surface area (TPSA) is 95.1 Å². The van der Waals surface area contributed by atoms with Crippen LogP contribution in [-0.4, -0.2) is 27.0 Å². The van der Waals surface area contributed by atoms with E-state index in [1.165, 1.54) is 24.5 Å². The van der Waals surface area contributed by atoms with Gasteiger partial charge < -0.3 is 10.1 Å². The lowest BCUT2D eigenvalue weighted by Crippen LogP contribution is -2.11. The van der Waals surface area contributed by atoms with Crippen LogP contribution in [0.4, 0.5) is 5.13 Å². The van der Waals surface area contributed by atoms with Crippen LogP contribution >= 0.6 is 22.9 Å². The number of hydrogen-bond acceptors (Lipinski definition) is 4. The third-order valence-corrected chi connectivity index (χ3v) is 3.12. The van der Waals surface area contributed by atoms with Gasteiger partial charge in [-0.15, -0.1) is 0 Å². The first kappa shape index (κ1) is 13.3. The van der Waals surface area contributed by atoms with Crippen molar-refractivity contribution in [1.29, 1.82) is 0 Å². The molecule has 2 rings (SSSR count). The molecule has 0 saturated heterocycles. The Labute approximate surface area is 116 Å². The van der Waals surface area contributed by atoms with Crippen LogP contribution in [0.5, 0.6) is 0 Å². The quantitative estimate of drug-likeness (QED) is 0.755. The van der Waals surface area contributed by atoms with Gasteiger partial charge in [0.15, 0.2) is 5.13 Å². The van der Waals surface area contributed by atoms with Crippen molar-refractivity contribution in [3.63, 3.8) is 0 Å². The van der Waals surface area contributed by atoms with Gasteiger partial charge in [0.25, 0.3) is 5.91 Å². The largest absolute Gasteiger partial charge is 0.478 e. The Balaban J connectivity index is 2.04. The number of carboxylic acid groups (broad SMARTS) is 1. The van der Waals surface area contributed by atoms with Crippen LogP contribution < -0.4 is 5.32 Å². The Hall–Kier alpha value is -2.12. The Bertz CT molecular complexity index is 647. The fourth-order valence-electron chi connectivity index (χ4n) is 1.24. The molecule has 0 aliphatic rings. The average molecular weight is 298 g/mol. The number of carbonyl (C=O) groups is 2. The van der Waals surface area contributed by atoms with E-state index in [2.05, 4.69) is 15.3 Å². The molecule has 2 aromatic heterocycles. The van der Waals surface area contributed by atoms with E-state index in [4.69, 9.17) is 16.7 Å². The van der Waals surface area contributed by atoms with Gasteiger partial charge in [0, 0.05) is 23.3 Å². The summed E-state index contributed by atoms with van der Waals surface area (Å²) in [7, 11) is 0. The Morgan fingerprint density at radius 3 is 2.95 bits per heavy atom. The molecule has 0 aliphatic heterocycles. The van der Waals surface area contributed by atoms with Crippen LogP contribution in [0.1, 0.15) is 15.4 Å². The minimum absolute atomic E-state index is 0.322. The number of carbonyl (C=O) groups excluding carboxylic acids is 1. The predicted molar refractivity (Wildman–Crippen MR) is 72.5 cm³/mol. The lowest BCUT2D eigenvalue weighted by molar-refractivity contribution is -0.131. The number of nitrogens with one attached hydrogen (secondary N) is 2. The third-order valence-electron chi connectivity index (χ3n) is 2.03. The summed E-state index contributed by atoms with van der Waals surface area (Å²) in [5.41, 5.74) is 0.322. The molecule has 3 N–H and O–H groups in total. The molecule has 0 unspecified atom stereocenters. The van der Waals surface area contributed by atoms with Gasteiger partial charge in [-0.05, 0) is 12.1 Å². The molecule has 0 bridgehead atoms. The molecule has 0 aliphatic carbocycles. The van der Waals surface area contributed by atoms with Gasteiger partial charge in [0.05, 0.1) is 5.02 Å². The van der Waals surface area contributed by atoms with E-state index in [1.807, 2.05) is 0 Å².